The molecule has 3 aliphatic heterocycles. The largest absolute Gasteiger partial charge is 0.459 e. The van der Waals surface area contributed by atoms with E-state index in [9.17, 15) is 15.0 Å². The lowest BCUT2D eigenvalue weighted by Crippen LogP contribution is -2.62. The zero-order chi connectivity index (χ0) is 48.2. The molecule has 63 heavy (non-hydrogen) atoms. The van der Waals surface area contributed by atoms with Crippen LogP contribution in [0.2, 0.25) is 39.3 Å². The van der Waals surface area contributed by atoms with Crippen LogP contribution in [0.25, 0.3) is 0 Å². The van der Waals surface area contributed by atoms with Crippen molar-refractivity contribution in [1.29, 1.82) is 0 Å². The maximum Gasteiger partial charge on any atom is 0.311 e. The van der Waals surface area contributed by atoms with Crippen LogP contribution in [0.1, 0.15) is 94.9 Å². The Balaban J connectivity index is 2.34. The van der Waals surface area contributed by atoms with Crippen LogP contribution in [0.5, 0.6) is 0 Å². The van der Waals surface area contributed by atoms with Crippen molar-refractivity contribution < 1.29 is 57.0 Å². The topological polar surface area (TPSA) is 147 Å². The number of terminal acetylenes is 1. The van der Waals surface area contributed by atoms with Gasteiger partial charge in [-0.15, -0.1) is 6.42 Å². The smallest absolute Gasteiger partial charge is 0.311 e. The second-order valence-corrected chi connectivity index (χ2v) is 30.9. The summed E-state index contributed by atoms with van der Waals surface area (Å²) in [6.07, 6.45) is 0.671. The van der Waals surface area contributed by atoms with E-state index in [1.807, 2.05) is 53.5 Å². The number of esters is 1. The van der Waals surface area contributed by atoms with Gasteiger partial charge in [-0.2, -0.15) is 0 Å². The van der Waals surface area contributed by atoms with E-state index in [0.29, 0.717) is 19.4 Å². The van der Waals surface area contributed by atoms with Gasteiger partial charge >= 0.3 is 5.97 Å². The first kappa shape index (κ1) is 56.3. The van der Waals surface area contributed by atoms with Crippen molar-refractivity contribution in [2.75, 3.05) is 41.4 Å². The van der Waals surface area contributed by atoms with Crippen molar-refractivity contribution in [1.82, 2.24) is 9.80 Å². The quantitative estimate of drug-likeness (QED) is 0.121. The average Bonchev–Trinajstić information content (AvgIpc) is 3.16. The Hall–Kier alpha value is -1.02. The molecule has 3 aliphatic rings. The van der Waals surface area contributed by atoms with Gasteiger partial charge in [0, 0.05) is 38.1 Å². The lowest BCUT2D eigenvalue weighted by molar-refractivity contribution is -0.317. The van der Waals surface area contributed by atoms with Gasteiger partial charge in [-0.25, -0.2) is 0 Å². The number of aliphatic hydroxyl groups excluding tert-OH is 1. The molecule has 0 spiro atoms. The number of cyclic esters (lactones) is 1. The van der Waals surface area contributed by atoms with Gasteiger partial charge < -0.3 is 62.0 Å². The summed E-state index contributed by atoms with van der Waals surface area (Å²) < 4.78 is 61.0. The van der Waals surface area contributed by atoms with Gasteiger partial charge in [-0.05, 0) is 134 Å². The van der Waals surface area contributed by atoms with Gasteiger partial charge in [0.15, 0.2) is 29.2 Å². The SMILES string of the molecule is C#CCO[C@]1(C)C[C@@H](C)CN(C)[C@H](C)[C@@H](O)[C@](C)(O)[C@@H](CC)OC(=O)[C@H](C)[C@@H](OC2CC(C)(OC)C(O[Si](C)(C)C)C(C)O2)[C@H](C)[C@H]1O[C@@H]1O[C@H](C)C[C@H](N(C)C)[C@H]1O[Si](C)(C)C. The minimum Gasteiger partial charge on any atom is -0.459 e. The maximum atomic E-state index is 14.7. The lowest BCUT2D eigenvalue weighted by atomic mass is 9.77. The summed E-state index contributed by atoms with van der Waals surface area (Å²) >= 11 is 0. The van der Waals surface area contributed by atoms with Crippen LogP contribution in [-0.2, 0) is 46.8 Å². The summed E-state index contributed by atoms with van der Waals surface area (Å²) in [6.45, 7) is 32.6. The molecule has 3 heterocycles. The highest BCUT2D eigenvalue weighted by atomic mass is 28.4. The second kappa shape index (κ2) is 22.4. The van der Waals surface area contributed by atoms with Crippen molar-refractivity contribution in [2.24, 2.45) is 17.8 Å². The number of nitrogens with zero attached hydrogens (tertiary/aromatic N) is 2. The number of carbonyl (C=O) groups excluding carboxylic acids is 1. The molecule has 0 aromatic heterocycles. The molecule has 2 N–H and O–H groups in total. The van der Waals surface area contributed by atoms with E-state index in [2.05, 4.69) is 78.0 Å². The van der Waals surface area contributed by atoms with Crippen LogP contribution in [-0.4, -0.2) is 174 Å². The number of likely N-dealkylation sites (N-methyl/N-ethyl adjacent to an activating group) is 2. The number of ether oxygens (including phenoxy) is 7. The molecule has 0 saturated carbocycles. The molecule has 4 unspecified atom stereocenters. The number of hydrogen-bond donors (Lipinski definition) is 2. The van der Waals surface area contributed by atoms with Crippen LogP contribution in [0.15, 0.2) is 0 Å². The summed E-state index contributed by atoms with van der Waals surface area (Å²) in [5, 5.41) is 23.8. The zero-order valence-electron chi connectivity index (χ0n) is 42.9. The molecule has 3 saturated heterocycles. The number of hydrogen-bond acceptors (Lipinski definition) is 14. The summed E-state index contributed by atoms with van der Waals surface area (Å²) in [4.78, 5) is 18.9. The molecular weight excluding hydrogens is 841 g/mol. The molecule has 0 bridgehead atoms. The standard InChI is InChI=1S/C47H90N2O12Si2/c1-22-24-54-46(10)26-29(3)28-49(14)33(7)40(50)47(11,52)36(23-2)57-43(51)32(6)38(58-37-27-45(9,53-15)42(34(8)56-37)61-63(19,20)21)31(5)41(46)59-44-39(60-62(16,17)18)35(48(12)13)25-30(4)55-44/h1,29-42,44,50,52H,23-28H2,2-21H3/t29-,30-,31+,32-,33-,34?,35+,36-,37?,38+,39-,40-,41-,42?,44+,45?,46-,47-/m1/s1. The Morgan fingerprint density at radius 1 is 0.905 bits per heavy atom. The zero-order valence-corrected chi connectivity index (χ0v) is 44.9. The Kier molecular flexibility index (Phi) is 20.0. The van der Waals surface area contributed by atoms with E-state index in [4.69, 9.17) is 48.4 Å². The van der Waals surface area contributed by atoms with Gasteiger partial charge in [-0.3, -0.25) is 4.79 Å². The molecule has 18 atom stereocenters. The first-order chi connectivity index (χ1) is 28.8. The molecule has 0 aromatic carbocycles. The highest BCUT2D eigenvalue weighted by Gasteiger charge is 2.54. The molecule has 0 amide bonds. The van der Waals surface area contributed by atoms with E-state index in [1.54, 1.807) is 14.0 Å². The fourth-order valence-corrected chi connectivity index (χ4v) is 12.5. The monoisotopic (exact) mass is 931 g/mol. The molecule has 0 aromatic rings. The Bertz CT molecular complexity index is 1490. The van der Waals surface area contributed by atoms with E-state index >= 15 is 0 Å². The molecule has 16 heteroatoms. The summed E-state index contributed by atoms with van der Waals surface area (Å²) in [7, 11) is 3.50. The Morgan fingerprint density at radius 2 is 1.51 bits per heavy atom. The number of rotatable bonds is 13. The second-order valence-electron chi connectivity index (χ2n) is 22.0. The highest BCUT2D eigenvalue weighted by molar-refractivity contribution is 6.70. The number of carbonyl (C=O) groups is 1. The van der Waals surface area contributed by atoms with Crippen molar-refractivity contribution in [3.05, 3.63) is 0 Å². The number of methoxy groups -OCH3 is 1. The van der Waals surface area contributed by atoms with Gasteiger partial charge in [0.2, 0.25) is 0 Å². The van der Waals surface area contributed by atoms with Crippen molar-refractivity contribution in [3.63, 3.8) is 0 Å². The third kappa shape index (κ3) is 14.5. The van der Waals surface area contributed by atoms with Gasteiger partial charge in [0.05, 0.1) is 47.6 Å². The normalized spacial score (nSPS) is 43.5. The predicted octanol–water partition coefficient (Wildman–Crippen LogP) is 6.28. The van der Waals surface area contributed by atoms with E-state index in [0.717, 1.165) is 6.42 Å². The molecule has 0 aliphatic carbocycles. The molecule has 3 fully saturated rings. The van der Waals surface area contributed by atoms with Crippen LogP contribution in [0.4, 0.5) is 0 Å². The van der Waals surface area contributed by atoms with Gasteiger partial charge in [-0.1, -0.05) is 26.7 Å². The minimum absolute atomic E-state index is 0.00404. The maximum absolute atomic E-state index is 14.7. The van der Waals surface area contributed by atoms with Gasteiger partial charge in [0.25, 0.3) is 0 Å². The van der Waals surface area contributed by atoms with Crippen LogP contribution in [0.3, 0.4) is 0 Å². The van der Waals surface area contributed by atoms with E-state index in [-0.39, 0.29) is 37.2 Å². The van der Waals surface area contributed by atoms with E-state index in [1.165, 1.54) is 6.92 Å². The van der Waals surface area contributed by atoms with Crippen LogP contribution < -0.4 is 0 Å². The van der Waals surface area contributed by atoms with Crippen LogP contribution in [0, 0.1) is 30.1 Å². The fourth-order valence-electron chi connectivity index (χ4n) is 10.2. The molecule has 368 valence electrons. The van der Waals surface area contributed by atoms with Gasteiger partial charge in [0.1, 0.15) is 30.5 Å². The molecule has 0 radical (unpaired) electrons. The fraction of sp³-hybridized carbons (Fsp3) is 0.936. The summed E-state index contributed by atoms with van der Waals surface area (Å²) in [6, 6.07) is -0.525. The third-order valence-corrected chi connectivity index (χ3v) is 15.5. The minimum atomic E-state index is -2.17. The third-order valence-electron chi connectivity index (χ3n) is 13.6. The molecule has 14 nitrogen and oxygen atoms in total. The highest BCUT2D eigenvalue weighted by Crippen LogP contribution is 2.43. The summed E-state index contributed by atoms with van der Waals surface area (Å²) in [5.41, 5.74) is -3.66. The number of aliphatic hydroxyl groups is 2. The lowest BCUT2D eigenvalue weighted by Gasteiger charge is -2.51. The molecular formula is C47H90N2O12Si2. The van der Waals surface area contributed by atoms with Crippen molar-refractivity contribution in [3.8, 4) is 12.3 Å². The summed E-state index contributed by atoms with van der Waals surface area (Å²) in [5.74, 6) is 0.507. The van der Waals surface area contributed by atoms with Crippen LogP contribution >= 0.6 is 0 Å². The van der Waals surface area contributed by atoms with E-state index < -0.39 is 106 Å². The van der Waals surface area contributed by atoms with Crippen molar-refractivity contribution >= 4 is 22.6 Å². The Morgan fingerprint density at radius 3 is 2.03 bits per heavy atom. The first-order valence-electron chi connectivity index (χ1n) is 23.4. The molecule has 3 rings (SSSR count). The predicted molar refractivity (Wildman–Crippen MR) is 251 cm³/mol. The average molecular weight is 931 g/mol. The van der Waals surface area contributed by atoms with Crippen molar-refractivity contribution in [2.45, 2.75) is 225 Å². The Labute approximate surface area is 384 Å². The first-order valence-corrected chi connectivity index (χ1v) is 30.2.